The molecule has 0 spiro atoms. The van der Waals surface area contributed by atoms with E-state index in [1.54, 1.807) is 13.4 Å². The van der Waals surface area contributed by atoms with Crippen molar-refractivity contribution < 1.29 is 9.15 Å². The third-order valence-electron chi connectivity index (χ3n) is 5.38. The van der Waals surface area contributed by atoms with Crippen LogP contribution in [0, 0.1) is 0 Å². The average Bonchev–Trinajstić information content (AvgIpc) is 3.47. The Hall–Kier alpha value is -2.56. The van der Waals surface area contributed by atoms with Crippen LogP contribution < -0.4 is 15.4 Å². The molecule has 0 amide bonds. The Balaban J connectivity index is 0.00000289. The van der Waals surface area contributed by atoms with Gasteiger partial charge in [0.1, 0.15) is 17.3 Å². The molecule has 9 heteroatoms. The molecule has 2 N–H and O–H groups in total. The zero-order chi connectivity index (χ0) is 21.5. The molecule has 1 aliphatic rings. The molecule has 0 saturated heterocycles. The molecule has 32 heavy (non-hydrogen) atoms. The number of halogens is 1. The van der Waals surface area contributed by atoms with Crippen molar-refractivity contribution in [3.8, 4) is 5.75 Å². The van der Waals surface area contributed by atoms with Gasteiger partial charge >= 0.3 is 0 Å². The Labute approximate surface area is 205 Å². The van der Waals surface area contributed by atoms with Gasteiger partial charge in [-0.15, -0.1) is 24.0 Å². The van der Waals surface area contributed by atoms with E-state index in [0.717, 1.165) is 73.5 Å². The minimum Gasteiger partial charge on any atom is -0.497 e. The van der Waals surface area contributed by atoms with E-state index in [9.17, 15) is 0 Å². The molecule has 3 heterocycles. The van der Waals surface area contributed by atoms with Crippen LogP contribution in [0.2, 0.25) is 0 Å². The molecule has 0 fully saturated rings. The summed E-state index contributed by atoms with van der Waals surface area (Å²) in [7, 11) is 1.67. The summed E-state index contributed by atoms with van der Waals surface area (Å²) in [6.45, 7) is 4.21. The molecule has 8 nitrogen and oxygen atoms in total. The second kappa shape index (κ2) is 11.9. The summed E-state index contributed by atoms with van der Waals surface area (Å²) in [5, 5.41) is 11.7. The number of hydrogen-bond donors (Lipinski definition) is 2. The third-order valence-corrected chi connectivity index (χ3v) is 5.38. The Morgan fingerprint density at radius 1 is 1.28 bits per heavy atom. The number of guanidine groups is 1. The van der Waals surface area contributed by atoms with Gasteiger partial charge < -0.3 is 19.8 Å². The highest BCUT2D eigenvalue weighted by molar-refractivity contribution is 14.0. The summed E-state index contributed by atoms with van der Waals surface area (Å²) >= 11 is 0. The highest BCUT2D eigenvalue weighted by atomic mass is 127. The monoisotopic (exact) mass is 550 g/mol. The number of furan rings is 1. The number of fused-ring (bicyclic) bond motifs is 1. The van der Waals surface area contributed by atoms with Crippen LogP contribution in [0.1, 0.15) is 36.3 Å². The average molecular weight is 550 g/mol. The van der Waals surface area contributed by atoms with Crippen molar-refractivity contribution in [1.29, 1.82) is 0 Å². The van der Waals surface area contributed by atoms with Crippen LogP contribution in [0.15, 0.2) is 52.1 Å². The van der Waals surface area contributed by atoms with Crippen molar-refractivity contribution in [3.63, 3.8) is 0 Å². The second-order valence-corrected chi connectivity index (χ2v) is 7.63. The van der Waals surface area contributed by atoms with Gasteiger partial charge in [-0.1, -0.05) is 19.1 Å². The first-order valence-corrected chi connectivity index (χ1v) is 10.9. The number of nitrogens with zero attached hydrogens (tertiary/aromatic N) is 4. The SMILES string of the molecule is CCc1nc2n(n1)CC(NC(=NCc1ccc(OC)cc1)NCCc1ccco1)CC2.I. The minimum atomic E-state index is 0. The fourth-order valence-corrected chi connectivity index (χ4v) is 3.63. The van der Waals surface area contributed by atoms with Crippen LogP contribution in [0.4, 0.5) is 0 Å². The zero-order valence-corrected chi connectivity index (χ0v) is 20.9. The van der Waals surface area contributed by atoms with Crippen molar-refractivity contribution in [2.75, 3.05) is 13.7 Å². The second-order valence-electron chi connectivity index (χ2n) is 7.63. The summed E-state index contributed by atoms with van der Waals surface area (Å²) in [5.74, 6) is 4.60. The lowest BCUT2D eigenvalue weighted by molar-refractivity contribution is 0.391. The van der Waals surface area contributed by atoms with E-state index in [0.29, 0.717) is 6.54 Å². The number of nitrogens with one attached hydrogen (secondary N) is 2. The molecule has 0 radical (unpaired) electrons. The van der Waals surface area contributed by atoms with E-state index in [2.05, 4.69) is 27.6 Å². The molecule has 4 rings (SSSR count). The van der Waals surface area contributed by atoms with E-state index in [4.69, 9.17) is 14.1 Å². The van der Waals surface area contributed by atoms with Crippen molar-refractivity contribution in [1.82, 2.24) is 25.4 Å². The van der Waals surface area contributed by atoms with Gasteiger partial charge in [0.05, 0.1) is 26.5 Å². The number of aromatic nitrogens is 3. The van der Waals surface area contributed by atoms with Crippen LogP contribution in [0.5, 0.6) is 5.75 Å². The highest BCUT2D eigenvalue weighted by Gasteiger charge is 2.22. The summed E-state index contributed by atoms with van der Waals surface area (Å²) < 4.78 is 12.7. The largest absolute Gasteiger partial charge is 0.497 e. The topological polar surface area (TPSA) is 89.5 Å². The maximum Gasteiger partial charge on any atom is 0.191 e. The predicted molar refractivity (Wildman–Crippen MR) is 135 cm³/mol. The molecule has 172 valence electrons. The molecule has 2 aromatic heterocycles. The Morgan fingerprint density at radius 2 is 2.12 bits per heavy atom. The zero-order valence-electron chi connectivity index (χ0n) is 18.6. The Morgan fingerprint density at radius 3 is 2.84 bits per heavy atom. The number of benzene rings is 1. The molecule has 1 aliphatic heterocycles. The lowest BCUT2D eigenvalue weighted by Crippen LogP contribution is -2.47. The fraction of sp³-hybridized carbons (Fsp3) is 0.435. The van der Waals surface area contributed by atoms with Gasteiger partial charge in [0.25, 0.3) is 0 Å². The molecule has 0 aliphatic carbocycles. The van der Waals surface area contributed by atoms with Crippen LogP contribution in [-0.4, -0.2) is 40.4 Å². The lowest BCUT2D eigenvalue weighted by atomic mass is 10.1. The summed E-state index contributed by atoms with van der Waals surface area (Å²) in [6, 6.07) is 12.2. The van der Waals surface area contributed by atoms with Crippen molar-refractivity contribution in [2.45, 2.75) is 51.7 Å². The van der Waals surface area contributed by atoms with Crippen LogP contribution in [0.25, 0.3) is 0 Å². The number of methoxy groups -OCH3 is 1. The summed E-state index contributed by atoms with van der Waals surface area (Å²) in [4.78, 5) is 9.43. The van der Waals surface area contributed by atoms with E-state index in [1.807, 2.05) is 41.1 Å². The van der Waals surface area contributed by atoms with Gasteiger partial charge in [0, 0.05) is 31.8 Å². The number of rotatable bonds is 8. The number of aryl methyl sites for hydroxylation is 2. The maximum atomic E-state index is 5.44. The normalized spacial score (nSPS) is 15.6. The van der Waals surface area contributed by atoms with Gasteiger partial charge in [0.15, 0.2) is 11.8 Å². The van der Waals surface area contributed by atoms with Crippen molar-refractivity contribution in [3.05, 3.63) is 65.6 Å². The number of aliphatic imine (C=N–C) groups is 1. The standard InChI is InChI=1S/C23H30N6O2.HI/c1-3-21-27-22-11-8-18(16-29(22)28-21)26-23(24-13-12-20-5-4-14-31-20)25-15-17-6-9-19(30-2)10-7-17;/h4-7,9-10,14,18H,3,8,11-13,15-16H2,1-2H3,(H2,24,25,26);1H. The molecule has 1 unspecified atom stereocenters. The number of hydrogen-bond acceptors (Lipinski definition) is 5. The number of ether oxygens (including phenoxy) is 1. The summed E-state index contributed by atoms with van der Waals surface area (Å²) in [6.07, 6.45) is 5.29. The quantitative estimate of drug-likeness (QED) is 0.254. The fourth-order valence-electron chi connectivity index (χ4n) is 3.63. The van der Waals surface area contributed by atoms with E-state index in [1.165, 1.54) is 0 Å². The van der Waals surface area contributed by atoms with Crippen molar-refractivity contribution >= 4 is 29.9 Å². The van der Waals surface area contributed by atoms with Gasteiger partial charge in [-0.2, -0.15) is 5.10 Å². The first kappa shape index (κ1) is 24.1. The molecule has 0 saturated carbocycles. The smallest absolute Gasteiger partial charge is 0.191 e. The highest BCUT2D eigenvalue weighted by Crippen LogP contribution is 2.14. The first-order chi connectivity index (χ1) is 15.2. The van der Waals surface area contributed by atoms with Crippen molar-refractivity contribution in [2.24, 2.45) is 4.99 Å². The van der Waals surface area contributed by atoms with E-state index < -0.39 is 0 Å². The molecule has 3 aromatic rings. The molecular weight excluding hydrogens is 519 g/mol. The van der Waals surface area contributed by atoms with Gasteiger partial charge in [0.2, 0.25) is 0 Å². The Bertz CT molecular complexity index is 985. The molecule has 0 bridgehead atoms. The van der Waals surface area contributed by atoms with Gasteiger partial charge in [-0.25, -0.2) is 14.7 Å². The minimum absolute atomic E-state index is 0. The maximum absolute atomic E-state index is 5.44. The predicted octanol–water partition coefficient (Wildman–Crippen LogP) is 3.35. The molecular formula is C23H31IN6O2. The first-order valence-electron chi connectivity index (χ1n) is 10.9. The van der Waals surface area contributed by atoms with Crippen LogP contribution in [0.3, 0.4) is 0 Å². The lowest BCUT2D eigenvalue weighted by Gasteiger charge is -2.25. The van der Waals surface area contributed by atoms with Gasteiger partial charge in [-0.05, 0) is 36.2 Å². The van der Waals surface area contributed by atoms with Crippen LogP contribution in [-0.2, 0) is 32.4 Å². The van der Waals surface area contributed by atoms with Gasteiger partial charge in [-0.3, -0.25) is 0 Å². The summed E-state index contributed by atoms with van der Waals surface area (Å²) in [5.41, 5.74) is 1.13. The Kier molecular flexibility index (Phi) is 8.95. The van der Waals surface area contributed by atoms with E-state index >= 15 is 0 Å². The third kappa shape index (κ3) is 6.47. The molecule has 1 atom stereocenters. The van der Waals surface area contributed by atoms with Crippen LogP contribution >= 0.6 is 24.0 Å². The molecule has 1 aromatic carbocycles. The van der Waals surface area contributed by atoms with E-state index in [-0.39, 0.29) is 30.0 Å².